The molecule has 0 fully saturated rings. The first-order valence-corrected chi connectivity index (χ1v) is 8.54. The molecule has 3 aromatic rings. The van der Waals surface area contributed by atoms with Gasteiger partial charge in [-0.1, -0.05) is 13.0 Å². The summed E-state index contributed by atoms with van der Waals surface area (Å²) in [4.78, 5) is 21.0. The molecule has 8 heteroatoms. The summed E-state index contributed by atoms with van der Waals surface area (Å²) in [6.07, 6.45) is 2.36. The van der Waals surface area contributed by atoms with Crippen LogP contribution in [0.25, 0.3) is 5.78 Å². The number of aryl methyl sites for hydroxylation is 1. The maximum Gasteiger partial charge on any atom is 0.291 e. The number of aromatic nitrogens is 4. The summed E-state index contributed by atoms with van der Waals surface area (Å²) in [5.74, 6) is 1.60. The number of hydrogen-bond donors (Lipinski definition) is 1. The largest absolute Gasteiger partial charge is 0.486 e. The Labute approximate surface area is 150 Å². The summed E-state index contributed by atoms with van der Waals surface area (Å²) in [5, 5.41) is 7.23. The van der Waals surface area contributed by atoms with Crippen LogP contribution in [0.4, 0.5) is 0 Å². The molecule has 0 saturated carbocycles. The van der Waals surface area contributed by atoms with Crippen LogP contribution in [0.3, 0.4) is 0 Å². The standard InChI is InChI=1S/C18H19N5O3/c1-3-13(12-4-5-14-15(10-12)26-9-8-25-14)20-17(24)16-21-18-19-7-6-11(2)23(18)22-16/h4-7,10,13H,3,8-9H2,1-2H3,(H,20,24). The third-order valence-electron chi connectivity index (χ3n) is 4.32. The van der Waals surface area contributed by atoms with E-state index in [2.05, 4.69) is 20.4 Å². The molecule has 3 heterocycles. The number of carbonyl (C=O) groups excluding carboxylic acids is 1. The number of carbonyl (C=O) groups is 1. The van der Waals surface area contributed by atoms with Gasteiger partial charge in [0.2, 0.25) is 5.82 Å². The van der Waals surface area contributed by atoms with E-state index in [-0.39, 0.29) is 17.8 Å². The molecule has 8 nitrogen and oxygen atoms in total. The molecule has 1 aliphatic heterocycles. The predicted octanol–water partition coefficient (Wildman–Crippen LogP) is 2.09. The van der Waals surface area contributed by atoms with E-state index in [1.807, 2.05) is 38.1 Å². The van der Waals surface area contributed by atoms with Gasteiger partial charge in [-0.25, -0.2) is 9.50 Å². The molecular weight excluding hydrogens is 334 g/mol. The third kappa shape index (κ3) is 2.94. The van der Waals surface area contributed by atoms with Crippen molar-refractivity contribution in [3.63, 3.8) is 0 Å². The van der Waals surface area contributed by atoms with E-state index in [0.29, 0.717) is 24.7 Å². The molecule has 1 aromatic carbocycles. The Morgan fingerprint density at radius 1 is 1.27 bits per heavy atom. The van der Waals surface area contributed by atoms with Crippen LogP contribution in [0, 0.1) is 6.92 Å². The van der Waals surface area contributed by atoms with E-state index in [1.54, 1.807) is 10.7 Å². The first-order valence-electron chi connectivity index (χ1n) is 8.54. The number of nitrogens with zero attached hydrogens (tertiary/aromatic N) is 4. The monoisotopic (exact) mass is 353 g/mol. The van der Waals surface area contributed by atoms with E-state index in [4.69, 9.17) is 9.47 Å². The lowest BCUT2D eigenvalue weighted by Gasteiger charge is -2.22. The zero-order valence-electron chi connectivity index (χ0n) is 14.6. The molecule has 0 bridgehead atoms. The molecule has 0 saturated heterocycles. The molecule has 0 aliphatic carbocycles. The van der Waals surface area contributed by atoms with Crippen LogP contribution in [0.2, 0.25) is 0 Å². The van der Waals surface area contributed by atoms with Crippen LogP contribution in [0.1, 0.15) is 41.3 Å². The lowest BCUT2D eigenvalue weighted by Crippen LogP contribution is -2.29. The fraction of sp³-hybridized carbons (Fsp3) is 0.333. The van der Waals surface area contributed by atoms with E-state index in [0.717, 1.165) is 23.4 Å². The highest BCUT2D eigenvalue weighted by Gasteiger charge is 2.21. The minimum absolute atomic E-state index is 0.0998. The van der Waals surface area contributed by atoms with Crippen molar-refractivity contribution in [2.24, 2.45) is 0 Å². The highest BCUT2D eigenvalue weighted by molar-refractivity contribution is 5.91. The second-order valence-electron chi connectivity index (χ2n) is 6.07. The summed E-state index contributed by atoms with van der Waals surface area (Å²) in [5.41, 5.74) is 1.81. The number of nitrogens with one attached hydrogen (secondary N) is 1. The normalized spacial score (nSPS) is 14.2. The molecule has 1 atom stereocenters. The second kappa shape index (κ2) is 6.62. The molecule has 1 amide bonds. The average molecular weight is 353 g/mol. The zero-order chi connectivity index (χ0) is 18.1. The molecule has 26 heavy (non-hydrogen) atoms. The van der Waals surface area contributed by atoms with E-state index >= 15 is 0 Å². The molecule has 0 spiro atoms. The summed E-state index contributed by atoms with van der Waals surface area (Å²) in [6, 6.07) is 7.35. The van der Waals surface area contributed by atoms with Crippen molar-refractivity contribution in [1.82, 2.24) is 24.9 Å². The number of ether oxygens (including phenoxy) is 2. The van der Waals surface area contributed by atoms with Crippen LogP contribution in [-0.4, -0.2) is 38.7 Å². The van der Waals surface area contributed by atoms with Crippen molar-refractivity contribution in [1.29, 1.82) is 0 Å². The Morgan fingerprint density at radius 3 is 2.85 bits per heavy atom. The fourth-order valence-electron chi connectivity index (χ4n) is 2.92. The van der Waals surface area contributed by atoms with Crippen molar-refractivity contribution < 1.29 is 14.3 Å². The van der Waals surface area contributed by atoms with E-state index < -0.39 is 0 Å². The van der Waals surface area contributed by atoms with Gasteiger partial charge in [-0.05, 0) is 37.1 Å². The van der Waals surface area contributed by atoms with Gasteiger partial charge in [0.1, 0.15) is 13.2 Å². The fourth-order valence-corrected chi connectivity index (χ4v) is 2.92. The molecule has 2 aromatic heterocycles. The SMILES string of the molecule is CCC(NC(=O)c1nc2nccc(C)n2n1)c1ccc2c(c1)OCCO2. The molecule has 134 valence electrons. The van der Waals surface area contributed by atoms with Crippen molar-refractivity contribution in [2.45, 2.75) is 26.3 Å². The number of benzene rings is 1. The number of amides is 1. The molecule has 1 unspecified atom stereocenters. The van der Waals surface area contributed by atoms with Gasteiger partial charge in [0.15, 0.2) is 11.5 Å². The predicted molar refractivity (Wildman–Crippen MR) is 93.4 cm³/mol. The van der Waals surface area contributed by atoms with Crippen LogP contribution >= 0.6 is 0 Å². The van der Waals surface area contributed by atoms with Crippen molar-refractivity contribution in [3.8, 4) is 11.5 Å². The summed E-state index contributed by atoms with van der Waals surface area (Å²) >= 11 is 0. The summed E-state index contributed by atoms with van der Waals surface area (Å²) in [7, 11) is 0. The zero-order valence-corrected chi connectivity index (χ0v) is 14.6. The Balaban J connectivity index is 1.57. The molecule has 1 aliphatic rings. The first-order chi connectivity index (χ1) is 12.7. The molecule has 4 rings (SSSR count). The smallest absolute Gasteiger partial charge is 0.291 e. The Kier molecular flexibility index (Phi) is 4.16. The van der Waals surface area contributed by atoms with Crippen molar-refractivity contribution >= 4 is 11.7 Å². The van der Waals surface area contributed by atoms with Gasteiger partial charge >= 0.3 is 0 Å². The Bertz CT molecular complexity index is 969. The van der Waals surface area contributed by atoms with Gasteiger partial charge in [0.05, 0.1) is 6.04 Å². The van der Waals surface area contributed by atoms with Gasteiger partial charge in [-0.2, -0.15) is 4.98 Å². The summed E-state index contributed by atoms with van der Waals surface area (Å²) < 4.78 is 12.7. The summed E-state index contributed by atoms with van der Waals surface area (Å²) in [6.45, 7) is 4.96. The van der Waals surface area contributed by atoms with Crippen LogP contribution in [0.5, 0.6) is 11.5 Å². The van der Waals surface area contributed by atoms with Crippen LogP contribution in [-0.2, 0) is 0 Å². The van der Waals surface area contributed by atoms with Crippen LogP contribution < -0.4 is 14.8 Å². The first kappa shape index (κ1) is 16.3. The number of rotatable bonds is 4. The third-order valence-corrected chi connectivity index (χ3v) is 4.32. The van der Waals surface area contributed by atoms with E-state index in [9.17, 15) is 4.79 Å². The topological polar surface area (TPSA) is 90.6 Å². The van der Waals surface area contributed by atoms with Crippen LogP contribution in [0.15, 0.2) is 30.5 Å². The van der Waals surface area contributed by atoms with Crippen molar-refractivity contribution in [3.05, 3.63) is 47.5 Å². The molecule has 1 N–H and O–H groups in total. The Morgan fingerprint density at radius 2 is 2.08 bits per heavy atom. The maximum absolute atomic E-state index is 12.6. The van der Waals surface area contributed by atoms with Crippen molar-refractivity contribution in [2.75, 3.05) is 13.2 Å². The van der Waals surface area contributed by atoms with Gasteiger partial charge in [-0.15, -0.1) is 5.10 Å². The number of hydrogen-bond acceptors (Lipinski definition) is 6. The highest BCUT2D eigenvalue weighted by atomic mass is 16.6. The minimum atomic E-state index is -0.336. The minimum Gasteiger partial charge on any atom is -0.486 e. The average Bonchev–Trinajstić information content (AvgIpc) is 3.11. The highest BCUT2D eigenvalue weighted by Crippen LogP contribution is 2.33. The van der Waals surface area contributed by atoms with Gasteiger partial charge < -0.3 is 14.8 Å². The lowest BCUT2D eigenvalue weighted by atomic mass is 10.0. The quantitative estimate of drug-likeness (QED) is 0.772. The Hall–Kier alpha value is -3.16. The van der Waals surface area contributed by atoms with Gasteiger partial charge in [-0.3, -0.25) is 4.79 Å². The van der Waals surface area contributed by atoms with Gasteiger partial charge in [0, 0.05) is 11.9 Å². The van der Waals surface area contributed by atoms with E-state index in [1.165, 1.54) is 0 Å². The number of fused-ring (bicyclic) bond motifs is 2. The van der Waals surface area contributed by atoms with Gasteiger partial charge in [0.25, 0.3) is 11.7 Å². The molecular formula is C18H19N5O3. The lowest BCUT2D eigenvalue weighted by molar-refractivity contribution is 0.0925. The maximum atomic E-state index is 12.6. The molecule has 0 radical (unpaired) electrons. The second-order valence-corrected chi connectivity index (χ2v) is 6.07.